The van der Waals surface area contributed by atoms with Crippen LogP contribution in [0.3, 0.4) is 0 Å². The molecule has 1 saturated heterocycles. The molecule has 1 aromatic heterocycles. The first-order valence-corrected chi connectivity index (χ1v) is 4.99. The molecular formula is C8H8BrClN2. The smallest absolute Gasteiger partial charge is 0.143 e. The predicted octanol–water partition coefficient (Wildman–Crippen LogP) is 2.53. The number of hydrogen-bond acceptors (Lipinski definition) is 2. The van der Waals surface area contributed by atoms with Crippen LogP contribution in [-0.2, 0) is 0 Å². The molecule has 1 N–H and O–H groups in total. The fraction of sp³-hybridized carbons (Fsp3) is 0.375. The van der Waals surface area contributed by atoms with E-state index in [4.69, 9.17) is 11.6 Å². The molecule has 0 spiro atoms. The summed E-state index contributed by atoms with van der Waals surface area (Å²) in [6, 6.07) is 2.50. The summed E-state index contributed by atoms with van der Waals surface area (Å²) >= 11 is 9.11. The van der Waals surface area contributed by atoms with Crippen LogP contribution in [0.1, 0.15) is 18.0 Å². The second kappa shape index (κ2) is 3.32. The Morgan fingerprint density at radius 1 is 1.67 bits per heavy atom. The summed E-state index contributed by atoms with van der Waals surface area (Å²) in [5.74, 6) is 0. The lowest BCUT2D eigenvalue weighted by Crippen LogP contribution is -2.34. The van der Waals surface area contributed by atoms with E-state index in [0.29, 0.717) is 11.2 Å². The molecule has 2 heterocycles. The van der Waals surface area contributed by atoms with Gasteiger partial charge in [0.25, 0.3) is 0 Å². The van der Waals surface area contributed by atoms with Gasteiger partial charge in [-0.2, -0.15) is 0 Å². The van der Waals surface area contributed by atoms with Crippen LogP contribution in [0.5, 0.6) is 0 Å². The highest BCUT2D eigenvalue weighted by atomic mass is 79.9. The lowest BCUT2D eigenvalue weighted by molar-refractivity contribution is 0.382. The van der Waals surface area contributed by atoms with E-state index in [-0.39, 0.29) is 0 Å². The molecule has 1 aliphatic heterocycles. The van der Waals surface area contributed by atoms with E-state index in [1.807, 2.05) is 12.3 Å². The van der Waals surface area contributed by atoms with Gasteiger partial charge in [0.15, 0.2) is 0 Å². The van der Waals surface area contributed by atoms with Gasteiger partial charge in [-0.1, -0.05) is 11.6 Å². The predicted molar refractivity (Wildman–Crippen MR) is 52.3 cm³/mol. The molecule has 1 aromatic rings. The van der Waals surface area contributed by atoms with Gasteiger partial charge in [0.2, 0.25) is 0 Å². The molecule has 0 unspecified atom stereocenters. The summed E-state index contributed by atoms with van der Waals surface area (Å²) in [4.78, 5) is 4.06. The molecule has 1 fully saturated rings. The molecule has 1 atom stereocenters. The summed E-state index contributed by atoms with van der Waals surface area (Å²) in [6.45, 7) is 1.10. The number of hydrogen-bond donors (Lipinski definition) is 1. The van der Waals surface area contributed by atoms with Gasteiger partial charge in [0.05, 0.1) is 4.47 Å². The van der Waals surface area contributed by atoms with Gasteiger partial charge < -0.3 is 5.32 Å². The molecule has 1 aliphatic rings. The molecule has 2 nitrogen and oxygen atoms in total. The molecule has 12 heavy (non-hydrogen) atoms. The van der Waals surface area contributed by atoms with Gasteiger partial charge in [-0.15, -0.1) is 0 Å². The highest BCUT2D eigenvalue weighted by Crippen LogP contribution is 2.27. The van der Waals surface area contributed by atoms with Crippen molar-refractivity contribution in [1.29, 1.82) is 0 Å². The number of aromatic nitrogens is 1. The van der Waals surface area contributed by atoms with Crippen molar-refractivity contribution in [2.24, 2.45) is 0 Å². The average Bonchev–Trinajstić information content (AvgIpc) is 1.93. The van der Waals surface area contributed by atoms with Crippen LogP contribution >= 0.6 is 27.5 Å². The molecule has 64 valence electrons. The second-order valence-electron chi connectivity index (χ2n) is 2.84. The monoisotopic (exact) mass is 246 g/mol. The molecule has 0 amide bonds. The first kappa shape index (κ1) is 8.48. The Morgan fingerprint density at radius 3 is 2.92 bits per heavy atom. The average molecular weight is 248 g/mol. The Bertz CT molecular complexity index is 299. The standard InChI is InChI=1S/C8H8BrClN2/c9-6-3-5(4-12-8(6)10)7-1-2-11-7/h3-4,7,11H,1-2H2/t7-/m1/s1. The van der Waals surface area contributed by atoms with E-state index in [0.717, 1.165) is 11.0 Å². The minimum absolute atomic E-state index is 0.478. The molecule has 0 bridgehead atoms. The van der Waals surface area contributed by atoms with E-state index in [1.54, 1.807) is 0 Å². The summed E-state index contributed by atoms with van der Waals surface area (Å²) in [6.07, 6.45) is 3.01. The number of nitrogens with one attached hydrogen (secondary N) is 1. The van der Waals surface area contributed by atoms with Crippen molar-refractivity contribution in [3.63, 3.8) is 0 Å². The first-order chi connectivity index (χ1) is 5.77. The van der Waals surface area contributed by atoms with Crippen LogP contribution in [0.25, 0.3) is 0 Å². The van der Waals surface area contributed by atoms with Crippen molar-refractivity contribution in [1.82, 2.24) is 10.3 Å². The van der Waals surface area contributed by atoms with Crippen molar-refractivity contribution >= 4 is 27.5 Å². The van der Waals surface area contributed by atoms with Crippen molar-refractivity contribution < 1.29 is 0 Å². The number of rotatable bonds is 1. The van der Waals surface area contributed by atoms with Gasteiger partial charge in [0, 0.05) is 12.2 Å². The minimum atomic E-state index is 0.478. The summed E-state index contributed by atoms with van der Waals surface area (Å²) < 4.78 is 0.871. The SMILES string of the molecule is Clc1ncc([C@H]2CCN2)cc1Br. The maximum absolute atomic E-state index is 5.77. The molecule has 2 rings (SSSR count). The van der Waals surface area contributed by atoms with E-state index in [9.17, 15) is 0 Å². The third kappa shape index (κ3) is 1.49. The van der Waals surface area contributed by atoms with Crippen LogP contribution in [0, 0.1) is 0 Å². The van der Waals surface area contributed by atoms with E-state index < -0.39 is 0 Å². The van der Waals surface area contributed by atoms with Gasteiger partial charge in [0.1, 0.15) is 5.15 Å². The normalized spacial score (nSPS) is 22.0. The van der Waals surface area contributed by atoms with Crippen molar-refractivity contribution in [3.8, 4) is 0 Å². The summed E-state index contributed by atoms with van der Waals surface area (Å²) in [5.41, 5.74) is 1.21. The highest BCUT2D eigenvalue weighted by molar-refractivity contribution is 9.10. The van der Waals surface area contributed by atoms with Crippen molar-refractivity contribution in [2.45, 2.75) is 12.5 Å². The summed E-state index contributed by atoms with van der Waals surface area (Å²) in [5, 5.41) is 3.83. The second-order valence-corrected chi connectivity index (χ2v) is 4.05. The Morgan fingerprint density at radius 2 is 2.42 bits per heavy atom. The minimum Gasteiger partial charge on any atom is -0.310 e. The van der Waals surface area contributed by atoms with E-state index >= 15 is 0 Å². The zero-order valence-corrected chi connectivity index (χ0v) is 8.69. The fourth-order valence-corrected chi connectivity index (χ4v) is 1.67. The fourth-order valence-electron chi connectivity index (χ4n) is 1.20. The summed E-state index contributed by atoms with van der Waals surface area (Å²) in [7, 11) is 0. The lowest BCUT2D eigenvalue weighted by atomic mass is 10.0. The first-order valence-electron chi connectivity index (χ1n) is 3.81. The Labute approximate surface area is 84.5 Å². The Balaban J connectivity index is 2.27. The van der Waals surface area contributed by atoms with Crippen LogP contribution in [0.4, 0.5) is 0 Å². The van der Waals surface area contributed by atoms with Crippen molar-refractivity contribution in [2.75, 3.05) is 6.54 Å². The highest BCUT2D eigenvalue weighted by Gasteiger charge is 2.19. The molecule has 0 aliphatic carbocycles. The molecule has 4 heteroatoms. The van der Waals surface area contributed by atoms with Crippen LogP contribution in [0.15, 0.2) is 16.7 Å². The Hall–Kier alpha value is -0.120. The lowest BCUT2D eigenvalue weighted by Gasteiger charge is -2.27. The number of pyridine rings is 1. The van der Waals surface area contributed by atoms with Crippen LogP contribution < -0.4 is 5.32 Å². The zero-order chi connectivity index (χ0) is 8.55. The van der Waals surface area contributed by atoms with Gasteiger partial charge in [-0.25, -0.2) is 4.98 Å². The third-order valence-corrected chi connectivity index (χ3v) is 3.18. The van der Waals surface area contributed by atoms with E-state index in [1.165, 1.54) is 12.0 Å². The topological polar surface area (TPSA) is 24.9 Å². The maximum Gasteiger partial charge on any atom is 0.143 e. The maximum atomic E-state index is 5.77. The van der Waals surface area contributed by atoms with Gasteiger partial charge in [-0.05, 0) is 40.5 Å². The zero-order valence-electron chi connectivity index (χ0n) is 6.35. The molecule has 0 saturated carbocycles. The third-order valence-electron chi connectivity index (χ3n) is 2.04. The number of nitrogens with zero attached hydrogens (tertiary/aromatic N) is 1. The molecule has 0 radical (unpaired) electrons. The quantitative estimate of drug-likeness (QED) is 0.772. The molecular weight excluding hydrogens is 239 g/mol. The van der Waals surface area contributed by atoms with Gasteiger partial charge >= 0.3 is 0 Å². The van der Waals surface area contributed by atoms with Gasteiger partial charge in [-0.3, -0.25) is 0 Å². The van der Waals surface area contributed by atoms with Crippen molar-refractivity contribution in [3.05, 3.63) is 27.5 Å². The number of halogens is 2. The molecule has 0 aromatic carbocycles. The van der Waals surface area contributed by atoms with Crippen LogP contribution in [0.2, 0.25) is 5.15 Å². The largest absolute Gasteiger partial charge is 0.310 e. The van der Waals surface area contributed by atoms with E-state index in [2.05, 4.69) is 26.2 Å². The Kier molecular flexibility index (Phi) is 2.35. The van der Waals surface area contributed by atoms with Crippen LogP contribution in [-0.4, -0.2) is 11.5 Å².